The minimum Gasteiger partial charge on any atom is -0.427 e. The number of carbonyl (C=O) groups is 2. The van der Waals surface area contributed by atoms with Gasteiger partial charge in [-0.3, -0.25) is 4.79 Å². The number of aliphatic hydroxyl groups excluding tert-OH is 3. The molecular weight excluding hydrogens is 788 g/mol. The van der Waals surface area contributed by atoms with Gasteiger partial charge in [-0.05, 0) is 44.9 Å². The van der Waals surface area contributed by atoms with Gasteiger partial charge >= 0.3 is 6.16 Å². The lowest BCUT2D eigenvalue weighted by Crippen LogP contribution is -2.52. The van der Waals surface area contributed by atoms with Gasteiger partial charge in [0.2, 0.25) is 0 Å². The van der Waals surface area contributed by atoms with E-state index in [1.807, 2.05) is 41.5 Å². The molecular formula is C42H74N2O16. The van der Waals surface area contributed by atoms with Gasteiger partial charge in [0.25, 0.3) is 0 Å². The lowest BCUT2D eigenvalue weighted by molar-refractivity contribution is -0.383. The fourth-order valence-corrected chi connectivity index (χ4v) is 8.85. The molecule has 348 valence electrons. The summed E-state index contributed by atoms with van der Waals surface area (Å²) in [7, 11) is 6.10. The van der Waals surface area contributed by atoms with E-state index < -0.39 is 84.6 Å². The number of nitrogens with zero attached hydrogens (tertiary/aromatic N) is 2. The zero-order valence-corrected chi connectivity index (χ0v) is 37.7. The number of cyclic esters (lactones) is 2. The largest absolute Gasteiger partial charge is 0.509 e. The van der Waals surface area contributed by atoms with Crippen LogP contribution in [0.25, 0.3) is 0 Å². The molecule has 0 saturated carbocycles. The average Bonchev–Trinajstić information content (AvgIpc) is 3.88. The van der Waals surface area contributed by atoms with E-state index in [0.29, 0.717) is 13.0 Å². The Balaban J connectivity index is 2.02. The van der Waals surface area contributed by atoms with Crippen molar-refractivity contribution in [2.45, 2.75) is 142 Å². The summed E-state index contributed by atoms with van der Waals surface area (Å²) in [5.41, 5.74) is -1.27. The van der Waals surface area contributed by atoms with Crippen LogP contribution < -0.4 is 0 Å². The van der Waals surface area contributed by atoms with E-state index in [4.69, 9.17) is 52.4 Å². The minimum absolute atomic E-state index is 0.0294. The Morgan fingerprint density at radius 1 is 0.950 bits per heavy atom. The number of Topliss-reactive ketones (excluding diaryl/α,β-unsaturated/α-hetero) is 1. The number of hydrogen-bond acceptors (Lipinski definition) is 17. The van der Waals surface area contributed by atoms with E-state index in [9.17, 15) is 24.9 Å². The number of aromatic nitrogens is 2. The van der Waals surface area contributed by atoms with Gasteiger partial charge in [0.15, 0.2) is 11.9 Å². The van der Waals surface area contributed by atoms with E-state index in [2.05, 4.69) is 11.9 Å². The van der Waals surface area contributed by atoms with Crippen LogP contribution in [0.1, 0.15) is 68.2 Å². The van der Waals surface area contributed by atoms with Crippen molar-refractivity contribution >= 4 is 11.9 Å². The third kappa shape index (κ3) is 13.8. The highest BCUT2D eigenvalue weighted by atomic mass is 17.2. The minimum atomic E-state index is -1.27. The van der Waals surface area contributed by atoms with Crippen LogP contribution >= 0.6 is 0 Å². The molecule has 3 N–H and O–H groups in total. The Kier molecular flexibility index (Phi) is 21.7. The monoisotopic (exact) mass is 863 g/mol. The smallest absolute Gasteiger partial charge is 0.427 e. The molecule has 2 aliphatic heterocycles. The molecule has 1 aromatic heterocycles. The van der Waals surface area contributed by atoms with Crippen molar-refractivity contribution in [3.05, 3.63) is 18.7 Å². The fourth-order valence-electron chi connectivity index (χ4n) is 8.85. The number of ether oxygens (including phenoxy) is 9. The molecule has 0 spiro atoms. The van der Waals surface area contributed by atoms with Crippen molar-refractivity contribution in [1.82, 2.24) is 9.55 Å². The van der Waals surface area contributed by atoms with Crippen molar-refractivity contribution in [2.75, 3.05) is 61.5 Å². The van der Waals surface area contributed by atoms with E-state index in [-0.39, 0.29) is 69.0 Å². The zero-order chi connectivity index (χ0) is 44.7. The number of rotatable bonds is 21. The van der Waals surface area contributed by atoms with Gasteiger partial charge in [0, 0.05) is 71.6 Å². The van der Waals surface area contributed by atoms with Crippen molar-refractivity contribution in [3.8, 4) is 0 Å². The number of hydrogen-bond donors (Lipinski definition) is 3. The van der Waals surface area contributed by atoms with Crippen LogP contribution in [0.5, 0.6) is 0 Å². The summed E-state index contributed by atoms with van der Waals surface area (Å²) in [6, 6.07) is 0. The highest BCUT2D eigenvalue weighted by Crippen LogP contribution is 2.39. The summed E-state index contributed by atoms with van der Waals surface area (Å²) in [4.78, 5) is 43.6. The molecule has 2 aliphatic rings. The van der Waals surface area contributed by atoms with Gasteiger partial charge in [0.1, 0.15) is 49.0 Å². The normalized spacial score (nSPS) is 34.9. The standard InChI is InChI=1S/C42H74N2O16/c1-24-17-42(8,56-23-44-15-14-43-22-44)40(48)28(5)37(52-11)27(4)36(25(2)19-54-21-34(51-10)39(53-12)35(47)29(6)46)60-59-30(7)38(26(3)31(24)20-50-9)55-16-13-32-33(18-45)58-41(49)57-32/h14-15,22,24-39,45-47H,13,16-21,23H2,1-12H3/t24?,25?,26?,27-,28?,29?,30?,31?,32?,33?,34-,35-,36?,37+,38-,39?,42-/m1/s1. The molecule has 17 atom stereocenters. The van der Waals surface area contributed by atoms with E-state index in [1.165, 1.54) is 21.1 Å². The predicted octanol–water partition coefficient (Wildman–Crippen LogP) is 3.21. The van der Waals surface area contributed by atoms with Gasteiger partial charge in [-0.15, -0.1) is 0 Å². The molecule has 3 heterocycles. The summed E-state index contributed by atoms with van der Waals surface area (Å²) >= 11 is 0. The van der Waals surface area contributed by atoms with E-state index >= 15 is 0 Å². The van der Waals surface area contributed by atoms with Crippen LogP contribution in [0.15, 0.2) is 18.7 Å². The fraction of sp³-hybridized carbons (Fsp3) is 0.881. The van der Waals surface area contributed by atoms with Gasteiger partial charge in [-0.25, -0.2) is 19.6 Å². The number of carbonyl (C=O) groups excluding carboxylic acids is 2. The molecule has 3 rings (SSSR count). The molecule has 0 bridgehead atoms. The molecule has 0 aromatic carbocycles. The Hall–Kier alpha value is -2.33. The third-order valence-corrected chi connectivity index (χ3v) is 12.4. The van der Waals surface area contributed by atoms with Gasteiger partial charge in [-0.2, -0.15) is 0 Å². The van der Waals surface area contributed by atoms with Crippen LogP contribution in [0.3, 0.4) is 0 Å². The molecule has 0 amide bonds. The summed E-state index contributed by atoms with van der Waals surface area (Å²) in [5.74, 6) is -2.12. The molecule has 18 nitrogen and oxygen atoms in total. The van der Waals surface area contributed by atoms with Crippen molar-refractivity contribution in [2.24, 2.45) is 35.5 Å². The van der Waals surface area contributed by atoms with Gasteiger partial charge in [0.05, 0.1) is 51.1 Å². The van der Waals surface area contributed by atoms with Gasteiger partial charge < -0.3 is 62.5 Å². The second-order valence-corrected chi connectivity index (χ2v) is 16.9. The van der Waals surface area contributed by atoms with E-state index in [0.717, 1.165) is 0 Å². The maximum atomic E-state index is 14.9. The third-order valence-electron chi connectivity index (χ3n) is 12.4. The molecule has 11 unspecified atom stereocenters. The maximum absolute atomic E-state index is 14.9. The summed E-state index contributed by atoms with van der Waals surface area (Å²) < 4.78 is 54.5. The SMILES string of the molecule is COCC1C(C)C[C@@](C)(OCn2ccnc2)C(=O)C(C)[C@@H](OC)[C@H](C)C(C(C)COC[C@@H](OC)C(OC)[C@H](O)C(C)O)OOC(C)[C@H](OCCC2OC(=O)OC2CO)C1C. The Labute approximate surface area is 355 Å². The summed E-state index contributed by atoms with van der Waals surface area (Å²) in [6.45, 7) is 15.4. The van der Waals surface area contributed by atoms with Crippen molar-refractivity contribution in [3.63, 3.8) is 0 Å². The maximum Gasteiger partial charge on any atom is 0.509 e. The average molecular weight is 863 g/mol. The molecule has 1 aromatic rings. The Morgan fingerprint density at radius 2 is 1.65 bits per heavy atom. The summed E-state index contributed by atoms with van der Waals surface area (Å²) in [5, 5.41) is 30.3. The highest BCUT2D eigenvalue weighted by Gasteiger charge is 2.47. The lowest BCUT2D eigenvalue weighted by atomic mass is 9.72. The van der Waals surface area contributed by atoms with Crippen LogP contribution in [0, 0.1) is 35.5 Å². The number of imidazole rings is 1. The first-order valence-electron chi connectivity index (χ1n) is 21.0. The second kappa shape index (κ2) is 25.1. The van der Waals surface area contributed by atoms with Gasteiger partial charge in [-0.1, -0.05) is 34.6 Å². The van der Waals surface area contributed by atoms with Crippen LogP contribution in [-0.4, -0.2) is 165 Å². The molecule has 2 fully saturated rings. The first-order valence-corrected chi connectivity index (χ1v) is 21.0. The number of aliphatic hydroxyl groups is 3. The predicted molar refractivity (Wildman–Crippen MR) is 215 cm³/mol. The summed E-state index contributed by atoms with van der Waals surface area (Å²) in [6.07, 6.45) is -3.10. The second-order valence-electron chi connectivity index (χ2n) is 16.9. The first-order chi connectivity index (χ1) is 28.5. The Bertz CT molecular complexity index is 1370. The molecule has 0 radical (unpaired) electrons. The van der Waals surface area contributed by atoms with E-state index in [1.54, 1.807) is 37.5 Å². The van der Waals surface area contributed by atoms with Crippen LogP contribution in [-0.2, 0) is 63.9 Å². The quantitative estimate of drug-likeness (QED) is 0.120. The van der Waals surface area contributed by atoms with Crippen molar-refractivity contribution < 1.29 is 77.3 Å². The molecule has 2 saturated heterocycles. The molecule has 18 heteroatoms. The number of methoxy groups -OCH3 is 4. The molecule has 60 heavy (non-hydrogen) atoms. The first kappa shape index (κ1) is 52.0. The lowest BCUT2D eigenvalue weighted by Gasteiger charge is -2.43. The zero-order valence-electron chi connectivity index (χ0n) is 37.7. The highest BCUT2D eigenvalue weighted by molar-refractivity contribution is 5.89. The Morgan fingerprint density at radius 3 is 2.23 bits per heavy atom. The molecule has 0 aliphatic carbocycles. The number of ketones is 1. The topological polar surface area (TPSA) is 214 Å². The van der Waals surface area contributed by atoms with Crippen molar-refractivity contribution in [1.29, 1.82) is 0 Å². The van der Waals surface area contributed by atoms with Crippen LogP contribution in [0.2, 0.25) is 0 Å². The van der Waals surface area contributed by atoms with Crippen LogP contribution in [0.4, 0.5) is 4.79 Å².